The number of hydrogen-bond donors (Lipinski definition) is 2. The molecule has 1 aliphatic rings. The summed E-state index contributed by atoms with van der Waals surface area (Å²) in [5, 5.41) is 22.9. The lowest BCUT2D eigenvalue weighted by Gasteiger charge is -2.40. The molecule has 1 aromatic rings. The van der Waals surface area contributed by atoms with Gasteiger partial charge in [0.15, 0.2) is 0 Å². The van der Waals surface area contributed by atoms with Gasteiger partial charge >= 0.3 is 5.97 Å². The van der Waals surface area contributed by atoms with Gasteiger partial charge in [0.25, 0.3) is 5.69 Å². The Kier molecular flexibility index (Phi) is 2.94. The molecule has 1 fully saturated rings. The van der Waals surface area contributed by atoms with E-state index in [2.05, 4.69) is 12.2 Å². The molecule has 96 valence electrons. The SMILES string of the molecule is CC1(Nc2ccc([N+](=O)[O-])c(C(=O)O)c2)CCC1. The second kappa shape index (κ2) is 4.29. The lowest BCUT2D eigenvalue weighted by Crippen LogP contribution is -2.41. The molecule has 18 heavy (non-hydrogen) atoms. The van der Waals surface area contributed by atoms with Crippen LogP contribution in [0.1, 0.15) is 36.5 Å². The van der Waals surface area contributed by atoms with E-state index in [-0.39, 0.29) is 16.8 Å². The Morgan fingerprint density at radius 3 is 2.61 bits per heavy atom. The topological polar surface area (TPSA) is 92.5 Å². The average Bonchev–Trinajstić information content (AvgIpc) is 2.26. The van der Waals surface area contributed by atoms with Crippen LogP contribution in [0.2, 0.25) is 0 Å². The first-order chi connectivity index (χ1) is 8.41. The Morgan fingerprint density at radius 1 is 1.50 bits per heavy atom. The number of benzene rings is 1. The summed E-state index contributed by atoms with van der Waals surface area (Å²) in [6.45, 7) is 2.05. The van der Waals surface area contributed by atoms with Crippen LogP contribution in [0.15, 0.2) is 18.2 Å². The number of nitro benzene ring substituents is 1. The fraction of sp³-hybridized carbons (Fsp3) is 0.417. The molecule has 1 aromatic carbocycles. The molecule has 2 N–H and O–H groups in total. The van der Waals surface area contributed by atoms with Gasteiger partial charge < -0.3 is 10.4 Å². The Balaban J connectivity index is 2.31. The van der Waals surface area contributed by atoms with Crippen molar-refractivity contribution in [2.24, 2.45) is 0 Å². The third-order valence-corrected chi connectivity index (χ3v) is 3.33. The van der Waals surface area contributed by atoms with Crippen LogP contribution in [0, 0.1) is 10.1 Å². The van der Waals surface area contributed by atoms with E-state index in [9.17, 15) is 14.9 Å². The summed E-state index contributed by atoms with van der Waals surface area (Å²) in [5.74, 6) is -1.29. The second-order valence-electron chi connectivity index (χ2n) is 4.83. The summed E-state index contributed by atoms with van der Waals surface area (Å²) in [6, 6.07) is 4.10. The number of nitro groups is 1. The molecular formula is C12H14N2O4. The van der Waals surface area contributed by atoms with Crippen molar-refractivity contribution in [1.82, 2.24) is 0 Å². The van der Waals surface area contributed by atoms with Crippen LogP contribution in [-0.2, 0) is 0 Å². The van der Waals surface area contributed by atoms with Crippen molar-refractivity contribution in [3.8, 4) is 0 Å². The molecule has 1 saturated carbocycles. The van der Waals surface area contributed by atoms with Gasteiger partial charge in [0.2, 0.25) is 0 Å². The fourth-order valence-corrected chi connectivity index (χ4v) is 2.12. The molecule has 0 aromatic heterocycles. The number of hydrogen-bond acceptors (Lipinski definition) is 4. The minimum atomic E-state index is -1.29. The van der Waals surface area contributed by atoms with Crippen LogP contribution in [-0.4, -0.2) is 21.5 Å². The first-order valence-corrected chi connectivity index (χ1v) is 5.71. The van der Waals surface area contributed by atoms with Crippen LogP contribution in [0.25, 0.3) is 0 Å². The van der Waals surface area contributed by atoms with Gasteiger partial charge in [0.05, 0.1) is 4.92 Å². The van der Waals surface area contributed by atoms with Gasteiger partial charge in [-0.1, -0.05) is 0 Å². The lowest BCUT2D eigenvalue weighted by atomic mass is 9.78. The van der Waals surface area contributed by atoms with E-state index in [0.717, 1.165) is 19.3 Å². The number of aromatic carboxylic acids is 1. The number of anilines is 1. The molecular weight excluding hydrogens is 236 g/mol. The number of carbonyl (C=O) groups is 1. The Morgan fingerprint density at radius 2 is 2.17 bits per heavy atom. The summed E-state index contributed by atoms with van der Waals surface area (Å²) in [7, 11) is 0. The van der Waals surface area contributed by atoms with Gasteiger partial charge in [-0.05, 0) is 38.3 Å². The van der Waals surface area contributed by atoms with Crippen molar-refractivity contribution in [3.05, 3.63) is 33.9 Å². The molecule has 0 saturated heterocycles. The monoisotopic (exact) mass is 250 g/mol. The third-order valence-electron chi connectivity index (χ3n) is 3.33. The zero-order valence-electron chi connectivity index (χ0n) is 9.97. The lowest BCUT2D eigenvalue weighted by molar-refractivity contribution is -0.385. The highest BCUT2D eigenvalue weighted by atomic mass is 16.6. The Labute approximate surface area is 104 Å². The quantitative estimate of drug-likeness (QED) is 0.633. The summed E-state index contributed by atoms with van der Waals surface area (Å²) >= 11 is 0. The van der Waals surface area contributed by atoms with Crippen molar-refractivity contribution in [2.75, 3.05) is 5.32 Å². The van der Waals surface area contributed by atoms with Crippen molar-refractivity contribution >= 4 is 17.3 Å². The average molecular weight is 250 g/mol. The molecule has 2 rings (SSSR count). The smallest absolute Gasteiger partial charge is 0.342 e. The van der Waals surface area contributed by atoms with Gasteiger partial charge in [-0.3, -0.25) is 10.1 Å². The van der Waals surface area contributed by atoms with Crippen LogP contribution in [0.5, 0.6) is 0 Å². The first-order valence-electron chi connectivity index (χ1n) is 5.71. The van der Waals surface area contributed by atoms with Gasteiger partial charge in [0.1, 0.15) is 5.56 Å². The summed E-state index contributed by atoms with van der Waals surface area (Å²) in [6.07, 6.45) is 3.18. The van der Waals surface area contributed by atoms with Gasteiger partial charge in [0, 0.05) is 17.3 Å². The number of nitrogens with zero attached hydrogens (tertiary/aromatic N) is 1. The van der Waals surface area contributed by atoms with Crippen LogP contribution in [0.3, 0.4) is 0 Å². The normalized spacial score (nSPS) is 16.7. The molecule has 0 unspecified atom stereocenters. The van der Waals surface area contributed by atoms with E-state index in [1.165, 1.54) is 12.1 Å². The maximum atomic E-state index is 11.0. The molecule has 1 aliphatic carbocycles. The Hall–Kier alpha value is -2.11. The summed E-state index contributed by atoms with van der Waals surface area (Å²) in [5.41, 5.74) is -0.0775. The van der Waals surface area contributed by atoms with Crippen LogP contribution >= 0.6 is 0 Å². The highest BCUT2D eigenvalue weighted by Crippen LogP contribution is 2.35. The predicted octanol–water partition coefficient (Wildman–Crippen LogP) is 2.65. The molecule has 0 bridgehead atoms. The van der Waals surface area contributed by atoms with Crippen molar-refractivity contribution in [3.63, 3.8) is 0 Å². The third kappa shape index (κ3) is 2.27. The van der Waals surface area contributed by atoms with Gasteiger partial charge in [-0.2, -0.15) is 0 Å². The van der Waals surface area contributed by atoms with E-state index < -0.39 is 10.9 Å². The standard InChI is InChI=1S/C12H14N2O4/c1-12(5-2-6-12)13-8-3-4-10(14(17)18)9(7-8)11(15)16/h3-4,7,13H,2,5-6H2,1H3,(H,15,16). The number of rotatable bonds is 4. The summed E-state index contributed by atoms with van der Waals surface area (Å²) < 4.78 is 0. The van der Waals surface area contributed by atoms with E-state index in [1.807, 2.05) is 0 Å². The van der Waals surface area contributed by atoms with Crippen molar-refractivity contribution < 1.29 is 14.8 Å². The number of nitrogens with one attached hydrogen (secondary N) is 1. The van der Waals surface area contributed by atoms with Crippen molar-refractivity contribution in [2.45, 2.75) is 31.7 Å². The minimum Gasteiger partial charge on any atom is -0.477 e. The number of carboxylic acid groups (broad SMARTS) is 1. The van der Waals surface area contributed by atoms with Gasteiger partial charge in [-0.15, -0.1) is 0 Å². The van der Waals surface area contributed by atoms with E-state index in [4.69, 9.17) is 5.11 Å². The zero-order valence-corrected chi connectivity index (χ0v) is 9.97. The maximum absolute atomic E-state index is 11.0. The predicted molar refractivity (Wildman–Crippen MR) is 65.9 cm³/mol. The highest BCUT2D eigenvalue weighted by molar-refractivity contribution is 5.93. The molecule has 0 radical (unpaired) electrons. The first kappa shape index (κ1) is 12.3. The van der Waals surface area contributed by atoms with Crippen molar-refractivity contribution in [1.29, 1.82) is 0 Å². The Bertz CT molecular complexity index is 509. The molecule has 0 heterocycles. The zero-order chi connectivity index (χ0) is 13.3. The fourth-order valence-electron chi connectivity index (χ4n) is 2.12. The number of carboxylic acids is 1. The summed E-state index contributed by atoms with van der Waals surface area (Å²) in [4.78, 5) is 21.0. The minimum absolute atomic E-state index is 0.0219. The molecule has 0 aliphatic heterocycles. The van der Waals surface area contributed by atoms with E-state index >= 15 is 0 Å². The molecule has 6 heteroatoms. The molecule has 6 nitrogen and oxygen atoms in total. The van der Waals surface area contributed by atoms with E-state index in [1.54, 1.807) is 6.07 Å². The maximum Gasteiger partial charge on any atom is 0.342 e. The van der Waals surface area contributed by atoms with E-state index in [0.29, 0.717) is 5.69 Å². The van der Waals surface area contributed by atoms with Gasteiger partial charge in [-0.25, -0.2) is 4.79 Å². The highest BCUT2D eigenvalue weighted by Gasteiger charge is 2.32. The van der Waals surface area contributed by atoms with Crippen LogP contribution < -0.4 is 5.32 Å². The van der Waals surface area contributed by atoms with Crippen LogP contribution in [0.4, 0.5) is 11.4 Å². The molecule has 0 atom stereocenters. The molecule has 0 amide bonds. The molecule has 0 spiro atoms. The largest absolute Gasteiger partial charge is 0.477 e. The second-order valence-corrected chi connectivity index (χ2v) is 4.83.